The zero-order valence-electron chi connectivity index (χ0n) is 16.8. The molecule has 0 radical (unpaired) electrons. The summed E-state index contributed by atoms with van der Waals surface area (Å²) in [6.45, 7) is 7.31. The molecule has 2 heterocycles. The highest BCUT2D eigenvalue weighted by atomic mass is 16.5. The van der Waals surface area contributed by atoms with E-state index in [0.717, 1.165) is 0 Å². The van der Waals surface area contributed by atoms with E-state index in [2.05, 4.69) is 6.58 Å². The van der Waals surface area contributed by atoms with E-state index in [4.69, 9.17) is 4.74 Å². The van der Waals surface area contributed by atoms with Gasteiger partial charge in [0.05, 0.1) is 23.8 Å². The standard InChI is InChI=1S/C23H21N3O4/c1-4-12-25-14-17(23(29)30-5-2)22(28)20-19(25)18(15(3)26(20)13-11-24)21(27)16-9-7-6-8-10-16/h4,6-10,14H,1,5,12-13H2,2-3H3. The number of ketones is 1. The summed E-state index contributed by atoms with van der Waals surface area (Å²) in [5.74, 6) is -1.02. The molecule has 0 saturated carbocycles. The third-order valence-electron chi connectivity index (χ3n) is 4.84. The zero-order chi connectivity index (χ0) is 21.8. The number of benzene rings is 1. The summed E-state index contributed by atoms with van der Waals surface area (Å²) in [7, 11) is 0. The minimum atomic E-state index is -0.750. The largest absolute Gasteiger partial charge is 0.462 e. The van der Waals surface area contributed by atoms with Gasteiger partial charge in [-0.3, -0.25) is 9.59 Å². The van der Waals surface area contributed by atoms with Gasteiger partial charge in [0.2, 0.25) is 5.43 Å². The van der Waals surface area contributed by atoms with Crippen LogP contribution < -0.4 is 5.43 Å². The van der Waals surface area contributed by atoms with Gasteiger partial charge in [0.15, 0.2) is 5.78 Å². The first-order valence-corrected chi connectivity index (χ1v) is 9.47. The maximum absolute atomic E-state index is 13.4. The van der Waals surface area contributed by atoms with Gasteiger partial charge in [-0.05, 0) is 13.8 Å². The number of ether oxygens (including phenoxy) is 1. The predicted molar refractivity (Wildman–Crippen MR) is 113 cm³/mol. The summed E-state index contributed by atoms with van der Waals surface area (Å²) in [5, 5.41) is 9.32. The smallest absolute Gasteiger partial charge is 0.343 e. The van der Waals surface area contributed by atoms with Crippen LogP contribution in [0.1, 0.15) is 38.9 Å². The van der Waals surface area contributed by atoms with E-state index >= 15 is 0 Å². The highest BCUT2D eigenvalue weighted by Gasteiger charge is 2.27. The third kappa shape index (κ3) is 3.44. The Labute approximate surface area is 173 Å². The van der Waals surface area contributed by atoms with Crippen molar-refractivity contribution >= 4 is 22.8 Å². The number of rotatable bonds is 7. The molecule has 0 saturated heterocycles. The molecule has 0 amide bonds. The average Bonchev–Trinajstić information content (AvgIpc) is 3.03. The molecule has 2 aromatic heterocycles. The van der Waals surface area contributed by atoms with E-state index in [0.29, 0.717) is 22.3 Å². The normalized spacial score (nSPS) is 10.6. The number of esters is 1. The molecule has 0 spiro atoms. The molecule has 0 aliphatic carbocycles. The second-order valence-corrected chi connectivity index (χ2v) is 6.63. The van der Waals surface area contributed by atoms with Crippen LogP contribution in [0, 0.1) is 18.3 Å². The SMILES string of the molecule is C=CCn1cc(C(=O)OCC)c(=O)c2c1c(C(=O)c1ccccc1)c(C)n2CC#N. The number of fused-ring (bicyclic) bond motifs is 1. The summed E-state index contributed by atoms with van der Waals surface area (Å²) in [6.07, 6.45) is 2.99. The van der Waals surface area contributed by atoms with Gasteiger partial charge in [0, 0.05) is 24.0 Å². The summed E-state index contributed by atoms with van der Waals surface area (Å²) >= 11 is 0. The first-order chi connectivity index (χ1) is 14.5. The molecule has 30 heavy (non-hydrogen) atoms. The second-order valence-electron chi connectivity index (χ2n) is 6.63. The fourth-order valence-corrected chi connectivity index (χ4v) is 3.55. The number of carbonyl (C=O) groups is 2. The first-order valence-electron chi connectivity index (χ1n) is 9.47. The van der Waals surface area contributed by atoms with E-state index in [9.17, 15) is 19.6 Å². The van der Waals surface area contributed by atoms with Crippen molar-refractivity contribution in [3.8, 4) is 6.07 Å². The van der Waals surface area contributed by atoms with E-state index in [-0.39, 0.29) is 36.6 Å². The molecule has 0 atom stereocenters. The summed E-state index contributed by atoms with van der Waals surface area (Å²) in [4.78, 5) is 39.0. The Morgan fingerprint density at radius 1 is 1.23 bits per heavy atom. The Hall–Kier alpha value is -3.92. The lowest BCUT2D eigenvalue weighted by atomic mass is 10.0. The Bertz CT molecular complexity index is 1240. The van der Waals surface area contributed by atoms with Crippen LogP contribution in [-0.2, 0) is 17.8 Å². The number of aromatic nitrogens is 2. The van der Waals surface area contributed by atoms with Gasteiger partial charge < -0.3 is 13.9 Å². The van der Waals surface area contributed by atoms with Crippen molar-refractivity contribution in [2.75, 3.05) is 6.61 Å². The van der Waals surface area contributed by atoms with Crippen LogP contribution in [-0.4, -0.2) is 27.5 Å². The van der Waals surface area contributed by atoms with Crippen molar-refractivity contribution in [1.82, 2.24) is 9.13 Å². The van der Waals surface area contributed by atoms with E-state index < -0.39 is 11.4 Å². The molecular formula is C23H21N3O4. The Kier molecular flexibility index (Phi) is 5.98. The monoisotopic (exact) mass is 403 g/mol. The molecule has 152 valence electrons. The van der Waals surface area contributed by atoms with Gasteiger partial charge in [-0.15, -0.1) is 6.58 Å². The number of allylic oxidation sites excluding steroid dienone is 1. The van der Waals surface area contributed by atoms with Crippen molar-refractivity contribution in [2.24, 2.45) is 0 Å². The lowest BCUT2D eigenvalue weighted by Crippen LogP contribution is -2.22. The van der Waals surface area contributed by atoms with Crippen molar-refractivity contribution in [3.63, 3.8) is 0 Å². The van der Waals surface area contributed by atoms with Gasteiger partial charge in [-0.1, -0.05) is 36.4 Å². The topological polar surface area (TPSA) is 94.1 Å². The quantitative estimate of drug-likeness (QED) is 0.343. The minimum absolute atomic E-state index is 0.119. The molecule has 0 N–H and O–H groups in total. The molecular weight excluding hydrogens is 382 g/mol. The first kappa shape index (κ1) is 20.8. The van der Waals surface area contributed by atoms with E-state index in [1.807, 2.05) is 12.1 Å². The molecule has 7 nitrogen and oxygen atoms in total. The number of nitrogens with zero attached hydrogens (tertiary/aromatic N) is 3. The maximum Gasteiger partial charge on any atom is 0.343 e. The number of hydrogen-bond donors (Lipinski definition) is 0. The summed E-state index contributed by atoms with van der Waals surface area (Å²) in [6, 6.07) is 10.7. The fourth-order valence-electron chi connectivity index (χ4n) is 3.55. The zero-order valence-corrected chi connectivity index (χ0v) is 16.8. The lowest BCUT2D eigenvalue weighted by molar-refractivity contribution is 0.0524. The minimum Gasteiger partial charge on any atom is -0.462 e. The molecule has 3 aromatic rings. The van der Waals surface area contributed by atoms with Crippen LogP contribution in [0.15, 0.2) is 54.0 Å². The number of hydrogen-bond acceptors (Lipinski definition) is 5. The van der Waals surface area contributed by atoms with Gasteiger partial charge in [0.25, 0.3) is 0 Å². The maximum atomic E-state index is 13.4. The summed E-state index contributed by atoms with van der Waals surface area (Å²) in [5.41, 5.74) is 1.03. The second kappa shape index (κ2) is 8.62. The van der Waals surface area contributed by atoms with Crippen molar-refractivity contribution in [1.29, 1.82) is 5.26 Å². The number of pyridine rings is 1. The predicted octanol–water partition coefficient (Wildman–Crippen LogP) is 3.23. The molecule has 0 aliphatic rings. The molecule has 1 aromatic carbocycles. The number of carbonyl (C=O) groups excluding carboxylic acids is 2. The van der Waals surface area contributed by atoms with Crippen molar-refractivity contribution in [3.05, 3.63) is 81.8 Å². The van der Waals surface area contributed by atoms with Gasteiger partial charge in [0.1, 0.15) is 17.6 Å². The molecule has 0 unspecified atom stereocenters. The van der Waals surface area contributed by atoms with Gasteiger partial charge >= 0.3 is 5.97 Å². The summed E-state index contributed by atoms with van der Waals surface area (Å²) < 4.78 is 8.14. The van der Waals surface area contributed by atoms with Crippen LogP contribution in [0.25, 0.3) is 11.0 Å². The van der Waals surface area contributed by atoms with Crippen molar-refractivity contribution < 1.29 is 14.3 Å². The van der Waals surface area contributed by atoms with E-state index in [1.165, 1.54) is 10.8 Å². The van der Waals surface area contributed by atoms with Crippen LogP contribution >= 0.6 is 0 Å². The third-order valence-corrected chi connectivity index (χ3v) is 4.84. The Morgan fingerprint density at radius 3 is 2.53 bits per heavy atom. The fraction of sp³-hybridized carbons (Fsp3) is 0.217. The lowest BCUT2D eigenvalue weighted by Gasteiger charge is -2.11. The highest BCUT2D eigenvalue weighted by molar-refractivity contribution is 6.17. The molecule has 7 heteroatoms. The number of nitriles is 1. The molecule has 0 bridgehead atoms. The van der Waals surface area contributed by atoms with Crippen LogP contribution in [0.2, 0.25) is 0 Å². The van der Waals surface area contributed by atoms with Crippen LogP contribution in [0.4, 0.5) is 0 Å². The van der Waals surface area contributed by atoms with Gasteiger partial charge in [-0.2, -0.15) is 5.26 Å². The molecule has 0 fully saturated rings. The van der Waals surface area contributed by atoms with Crippen LogP contribution in [0.5, 0.6) is 0 Å². The Morgan fingerprint density at radius 2 is 1.93 bits per heavy atom. The molecule has 3 rings (SSSR count). The van der Waals surface area contributed by atoms with Crippen LogP contribution in [0.3, 0.4) is 0 Å². The van der Waals surface area contributed by atoms with Gasteiger partial charge in [-0.25, -0.2) is 4.79 Å². The highest BCUT2D eigenvalue weighted by Crippen LogP contribution is 2.27. The van der Waals surface area contributed by atoms with Crippen molar-refractivity contribution in [2.45, 2.75) is 26.9 Å². The average molecular weight is 403 g/mol. The Balaban J connectivity index is 2.45. The van der Waals surface area contributed by atoms with E-state index in [1.54, 1.807) is 48.8 Å². The molecule has 0 aliphatic heterocycles.